The van der Waals surface area contributed by atoms with E-state index in [1.54, 1.807) is 7.05 Å². The molecule has 2 atom stereocenters. The van der Waals surface area contributed by atoms with Gasteiger partial charge in [0.1, 0.15) is 0 Å². The van der Waals surface area contributed by atoms with Crippen LogP contribution in [0.5, 0.6) is 0 Å². The minimum Gasteiger partial charge on any atom is -0.358 e. The van der Waals surface area contributed by atoms with Crippen LogP contribution in [0, 0.1) is 17.8 Å². The number of carbonyl (C=O) groups excluding carboxylic acids is 2. The number of hydrogen-bond donors (Lipinski definition) is 2. The molecule has 0 aromatic carbocycles. The van der Waals surface area contributed by atoms with E-state index < -0.39 is 0 Å². The van der Waals surface area contributed by atoms with Gasteiger partial charge in [0, 0.05) is 45.2 Å². The first-order valence-corrected chi connectivity index (χ1v) is 9.05. The highest BCUT2D eigenvalue weighted by molar-refractivity contribution is 5.85. The molecule has 2 bridgehead atoms. The third kappa shape index (κ3) is 4.21. The zero-order valence-electron chi connectivity index (χ0n) is 14.6. The molecule has 0 spiro atoms. The number of amides is 2. The minimum absolute atomic E-state index is 0. The molecule has 0 radical (unpaired) electrons. The van der Waals surface area contributed by atoms with E-state index in [9.17, 15) is 9.59 Å². The molecule has 0 aromatic heterocycles. The molecule has 2 amide bonds. The van der Waals surface area contributed by atoms with E-state index in [0.29, 0.717) is 30.3 Å². The Morgan fingerprint density at radius 2 is 1.67 bits per heavy atom. The molecule has 2 saturated carbocycles. The number of nitrogens with two attached hydrogens (primary N) is 1. The molecular weight excluding hydrogens is 328 g/mol. The predicted molar refractivity (Wildman–Crippen MR) is 95.9 cm³/mol. The number of nitrogens with one attached hydrogen (secondary N) is 1. The number of piperazine rings is 1. The highest BCUT2D eigenvalue weighted by Crippen LogP contribution is 2.42. The number of fused-ring (bicyclic) bond motifs is 2. The fourth-order valence-electron chi connectivity index (χ4n) is 4.66. The standard InChI is InChI=1S/C17H30N4O2.ClH/c1-19-15(22)11-20-5-7-21(8-6-20)17(23)14-9-12-3-2-4-13(10-14)16(12)18;/h12-14,16H,2-11,18H2,1H3,(H,19,22);1H. The summed E-state index contributed by atoms with van der Waals surface area (Å²) in [6.45, 7) is 3.50. The van der Waals surface area contributed by atoms with Gasteiger partial charge in [0.05, 0.1) is 6.54 Å². The van der Waals surface area contributed by atoms with Crippen molar-refractivity contribution < 1.29 is 9.59 Å². The monoisotopic (exact) mass is 358 g/mol. The van der Waals surface area contributed by atoms with Crippen LogP contribution in [-0.2, 0) is 9.59 Å². The van der Waals surface area contributed by atoms with Crippen molar-refractivity contribution in [2.24, 2.45) is 23.5 Å². The normalized spacial score (nSPS) is 33.5. The van der Waals surface area contributed by atoms with Crippen molar-refractivity contribution in [1.82, 2.24) is 15.1 Å². The number of rotatable bonds is 3. The fraction of sp³-hybridized carbons (Fsp3) is 0.882. The second kappa shape index (κ2) is 8.50. The second-order valence-corrected chi connectivity index (χ2v) is 7.47. The van der Waals surface area contributed by atoms with Crippen molar-refractivity contribution in [3.63, 3.8) is 0 Å². The zero-order chi connectivity index (χ0) is 16.4. The molecule has 3 aliphatic rings. The van der Waals surface area contributed by atoms with Crippen LogP contribution >= 0.6 is 12.4 Å². The SMILES string of the molecule is CNC(=O)CN1CCN(C(=O)C2CC3CCCC(C2)C3N)CC1.Cl. The molecule has 2 unspecified atom stereocenters. The zero-order valence-corrected chi connectivity index (χ0v) is 15.4. The van der Waals surface area contributed by atoms with Crippen LogP contribution in [0.4, 0.5) is 0 Å². The van der Waals surface area contributed by atoms with Crippen molar-refractivity contribution in [3.05, 3.63) is 0 Å². The highest BCUT2D eigenvalue weighted by Gasteiger charge is 2.41. The largest absolute Gasteiger partial charge is 0.358 e. The topological polar surface area (TPSA) is 78.7 Å². The Balaban J connectivity index is 0.00000208. The quantitative estimate of drug-likeness (QED) is 0.768. The first-order chi connectivity index (χ1) is 11.1. The van der Waals surface area contributed by atoms with Gasteiger partial charge in [-0.3, -0.25) is 14.5 Å². The predicted octanol–water partition coefficient (Wildman–Crippen LogP) is 0.452. The van der Waals surface area contributed by atoms with E-state index in [0.717, 1.165) is 39.0 Å². The van der Waals surface area contributed by atoms with Gasteiger partial charge in [0.2, 0.25) is 11.8 Å². The van der Waals surface area contributed by atoms with Gasteiger partial charge in [0.15, 0.2) is 0 Å². The van der Waals surface area contributed by atoms with Crippen LogP contribution < -0.4 is 11.1 Å². The van der Waals surface area contributed by atoms with Gasteiger partial charge in [-0.25, -0.2) is 0 Å². The summed E-state index contributed by atoms with van der Waals surface area (Å²) in [7, 11) is 1.66. The third-order valence-corrected chi connectivity index (χ3v) is 6.09. The Kier molecular flexibility index (Phi) is 6.89. The average Bonchev–Trinajstić information content (AvgIpc) is 2.54. The van der Waals surface area contributed by atoms with Gasteiger partial charge in [0.25, 0.3) is 0 Å². The van der Waals surface area contributed by atoms with Gasteiger partial charge >= 0.3 is 0 Å². The average molecular weight is 359 g/mol. The molecule has 7 heteroatoms. The number of carbonyl (C=O) groups is 2. The van der Waals surface area contributed by atoms with Crippen LogP contribution in [0.1, 0.15) is 32.1 Å². The second-order valence-electron chi connectivity index (χ2n) is 7.47. The molecule has 138 valence electrons. The maximum absolute atomic E-state index is 12.9. The van der Waals surface area contributed by atoms with Crippen LogP contribution in [0.2, 0.25) is 0 Å². The van der Waals surface area contributed by atoms with Crippen molar-refractivity contribution in [2.75, 3.05) is 39.8 Å². The molecule has 1 saturated heterocycles. The van der Waals surface area contributed by atoms with Gasteiger partial charge in [-0.1, -0.05) is 6.42 Å². The van der Waals surface area contributed by atoms with Crippen molar-refractivity contribution >= 4 is 24.2 Å². The number of halogens is 1. The van der Waals surface area contributed by atoms with E-state index in [2.05, 4.69) is 10.2 Å². The maximum atomic E-state index is 12.9. The lowest BCUT2D eigenvalue weighted by Crippen LogP contribution is -2.54. The summed E-state index contributed by atoms with van der Waals surface area (Å²) >= 11 is 0. The minimum atomic E-state index is 0. The third-order valence-electron chi connectivity index (χ3n) is 6.09. The fourth-order valence-corrected chi connectivity index (χ4v) is 4.66. The summed E-state index contributed by atoms with van der Waals surface area (Å²) in [5.41, 5.74) is 6.33. The molecule has 1 aliphatic heterocycles. The van der Waals surface area contributed by atoms with Crippen LogP contribution in [0.3, 0.4) is 0 Å². The molecule has 24 heavy (non-hydrogen) atoms. The molecular formula is C17H31ClN4O2. The van der Waals surface area contributed by atoms with Crippen molar-refractivity contribution in [2.45, 2.75) is 38.1 Å². The van der Waals surface area contributed by atoms with Gasteiger partial charge < -0.3 is 16.0 Å². The smallest absolute Gasteiger partial charge is 0.233 e. The molecule has 2 aliphatic carbocycles. The van der Waals surface area contributed by atoms with Crippen LogP contribution in [-0.4, -0.2) is 67.4 Å². The lowest BCUT2D eigenvalue weighted by Gasteiger charge is -2.45. The highest BCUT2D eigenvalue weighted by atomic mass is 35.5. The molecule has 3 N–H and O–H groups in total. The molecule has 1 heterocycles. The number of likely N-dealkylation sites (N-methyl/N-ethyl adjacent to an activating group) is 1. The maximum Gasteiger partial charge on any atom is 0.233 e. The van der Waals surface area contributed by atoms with E-state index in [-0.39, 0.29) is 24.2 Å². The Bertz CT molecular complexity index is 440. The van der Waals surface area contributed by atoms with E-state index in [4.69, 9.17) is 5.73 Å². The van der Waals surface area contributed by atoms with Gasteiger partial charge in [-0.15, -0.1) is 12.4 Å². The number of hydrogen-bond acceptors (Lipinski definition) is 4. The Labute approximate surface area is 150 Å². The van der Waals surface area contributed by atoms with E-state index >= 15 is 0 Å². The summed E-state index contributed by atoms with van der Waals surface area (Å²) in [5, 5.41) is 2.65. The summed E-state index contributed by atoms with van der Waals surface area (Å²) in [5.74, 6) is 1.64. The first kappa shape index (κ1) is 19.5. The van der Waals surface area contributed by atoms with Gasteiger partial charge in [-0.2, -0.15) is 0 Å². The van der Waals surface area contributed by atoms with Gasteiger partial charge in [-0.05, 0) is 37.5 Å². The summed E-state index contributed by atoms with van der Waals surface area (Å²) < 4.78 is 0. The summed E-state index contributed by atoms with van der Waals surface area (Å²) in [4.78, 5) is 28.4. The lowest BCUT2D eigenvalue weighted by atomic mass is 9.65. The van der Waals surface area contributed by atoms with E-state index in [1.807, 2.05) is 4.90 Å². The van der Waals surface area contributed by atoms with Crippen molar-refractivity contribution in [1.29, 1.82) is 0 Å². The molecule has 3 fully saturated rings. The first-order valence-electron chi connectivity index (χ1n) is 9.05. The van der Waals surface area contributed by atoms with E-state index in [1.165, 1.54) is 19.3 Å². The Hall–Kier alpha value is -0.850. The Morgan fingerprint density at radius 1 is 1.08 bits per heavy atom. The van der Waals surface area contributed by atoms with Crippen LogP contribution in [0.25, 0.3) is 0 Å². The lowest BCUT2D eigenvalue weighted by molar-refractivity contribution is -0.140. The summed E-state index contributed by atoms with van der Waals surface area (Å²) in [6, 6.07) is 0.317. The number of nitrogens with zero attached hydrogens (tertiary/aromatic N) is 2. The molecule has 0 aromatic rings. The Morgan fingerprint density at radius 3 is 2.21 bits per heavy atom. The molecule has 6 nitrogen and oxygen atoms in total. The molecule has 3 rings (SSSR count). The van der Waals surface area contributed by atoms with Crippen molar-refractivity contribution in [3.8, 4) is 0 Å². The van der Waals surface area contributed by atoms with Crippen LogP contribution in [0.15, 0.2) is 0 Å². The summed E-state index contributed by atoms with van der Waals surface area (Å²) in [6.07, 6.45) is 5.63.